The van der Waals surface area contributed by atoms with Gasteiger partial charge in [-0.15, -0.1) is 0 Å². The summed E-state index contributed by atoms with van der Waals surface area (Å²) in [5.41, 5.74) is 1.63. The van der Waals surface area contributed by atoms with E-state index in [1.807, 2.05) is 12.1 Å². The molecular formula is C18H28N2O2. The van der Waals surface area contributed by atoms with Crippen LogP contribution in [0.2, 0.25) is 0 Å². The van der Waals surface area contributed by atoms with Crippen molar-refractivity contribution in [1.82, 2.24) is 10.6 Å². The van der Waals surface area contributed by atoms with Crippen LogP contribution in [0.5, 0.6) is 0 Å². The summed E-state index contributed by atoms with van der Waals surface area (Å²) in [6.07, 6.45) is 7.73. The minimum atomic E-state index is -0.0985. The summed E-state index contributed by atoms with van der Waals surface area (Å²) in [5, 5.41) is 5.51. The Morgan fingerprint density at radius 2 is 1.59 bits per heavy atom. The number of benzene rings is 1. The number of amides is 2. The van der Waals surface area contributed by atoms with Gasteiger partial charge in [-0.1, -0.05) is 51.2 Å². The van der Waals surface area contributed by atoms with Gasteiger partial charge in [-0.25, -0.2) is 0 Å². The predicted molar refractivity (Wildman–Crippen MR) is 89.7 cm³/mol. The van der Waals surface area contributed by atoms with Gasteiger partial charge in [-0.3, -0.25) is 9.59 Å². The molecule has 0 saturated carbocycles. The molecule has 0 aliphatic rings. The first-order valence-electron chi connectivity index (χ1n) is 8.25. The lowest BCUT2D eigenvalue weighted by Crippen LogP contribution is -2.22. The van der Waals surface area contributed by atoms with Crippen LogP contribution in [0, 0.1) is 0 Å². The van der Waals surface area contributed by atoms with E-state index in [2.05, 4.69) is 17.6 Å². The fraction of sp³-hybridized carbons (Fsp3) is 0.556. The smallest absolute Gasteiger partial charge is 0.251 e. The van der Waals surface area contributed by atoms with E-state index in [-0.39, 0.29) is 11.8 Å². The van der Waals surface area contributed by atoms with E-state index in [0.29, 0.717) is 18.5 Å². The van der Waals surface area contributed by atoms with Crippen molar-refractivity contribution in [1.29, 1.82) is 0 Å². The zero-order valence-corrected chi connectivity index (χ0v) is 13.8. The number of hydrogen-bond donors (Lipinski definition) is 2. The SMILES string of the molecule is CCCCCCCCC(=O)NCc1ccc(C(=O)NC)cc1. The molecule has 0 atom stereocenters. The first kappa shape index (κ1) is 18.2. The molecule has 0 spiro atoms. The quantitative estimate of drug-likeness (QED) is 0.651. The first-order chi connectivity index (χ1) is 10.7. The van der Waals surface area contributed by atoms with Crippen LogP contribution in [0.25, 0.3) is 0 Å². The van der Waals surface area contributed by atoms with Crippen LogP contribution < -0.4 is 10.6 Å². The Morgan fingerprint density at radius 1 is 0.955 bits per heavy atom. The molecule has 0 aliphatic heterocycles. The number of hydrogen-bond acceptors (Lipinski definition) is 2. The van der Waals surface area contributed by atoms with Crippen molar-refractivity contribution in [3.05, 3.63) is 35.4 Å². The van der Waals surface area contributed by atoms with E-state index >= 15 is 0 Å². The lowest BCUT2D eigenvalue weighted by Gasteiger charge is -2.06. The van der Waals surface area contributed by atoms with E-state index in [9.17, 15) is 9.59 Å². The van der Waals surface area contributed by atoms with Crippen molar-refractivity contribution in [2.24, 2.45) is 0 Å². The molecule has 0 aliphatic carbocycles. The Kier molecular flexibility index (Phi) is 8.96. The van der Waals surface area contributed by atoms with Gasteiger partial charge in [0.25, 0.3) is 5.91 Å². The topological polar surface area (TPSA) is 58.2 Å². The normalized spacial score (nSPS) is 10.3. The average Bonchev–Trinajstić information content (AvgIpc) is 2.56. The van der Waals surface area contributed by atoms with Crippen molar-refractivity contribution >= 4 is 11.8 Å². The van der Waals surface area contributed by atoms with Gasteiger partial charge in [0.1, 0.15) is 0 Å². The Morgan fingerprint density at radius 3 is 2.23 bits per heavy atom. The summed E-state index contributed by atoms with van der Waals surface area (Å²) in [7, 11) is 1.61. The van der Waals surface area contributed by atoms with Gasteiger partial charge in [0.05, 0.1) is 0 Å². The Labute approximate surface area is 133 Å². The molecule has 1 aromatic carbocycles. The summed E-state index contributed by atoms with van der Waals surface area (Å²) in [6, 6.07) is 7.29. The minimum absolute atomic E-state index is 0.0985. The molecule has 0 bridgehead atoms. The predicted octanol–water partition coefficient (Wildman–Crippen LogP) is 3.41. The van der Waals surface area contributed by atoms with Crippen LogP contribution in [0.4, 0.5) is 0 Å². The standard InChI is InChI=1S/C18H28N2O2/c1-3-4-5-6-7-8-9-17(21)20-14-15-10-12-16(13-11-15)18(22)19-2/h10-13H,3-9,14H2,1-2H3,(H,19,22)(H,20,21). The van der Waals surface area contributed by atoms with Crippen LogP contribution in [0.3, 0.4) is 0 Å². The molecule has 4 nitrogen and oxygen atoms in total. The second-order valence-corrected chi connectivity index (χ2v) is 5.57. The van der Waals surface area contributed by atoms with Crippen LogP contribution >= 0.6 is 0 Å². The molecule has 1 aromatic rings. The fourth-order valence-electron chi connectivity index (χ4n) is 2.27. The Hall–Kier alpha value is -1.84. The van der Waals surface area contributed by atoms with Gasteiger partial charge in [-0.2, -0.15) is 0 Å². The number of unbranched alkanes of at least 4 members (excludes halogenated alkanes) is 5. The van der Waals surface area contributed by atoms with Crippen molar-refractivity contribution in [2.45, 2.75) is 58.4 Å². The van der Waals surface area contributed by atoms with Crippen LogP contribution in [0.15, 0.2) is 24.3 Å². The molecule has 2 amide bonds. The summed E-state index contributed by atoms with van der Waals surface area (Å²) >= 11 is 0. The van der Waals surface area contributed by atoms with Gasteiger partial charge < -0.3 is 10.6 Å². The Balaban J connectivity index is 2.19. The molecule has 0 saturated heterocycles. The third-order valence-corrected chi connectivity index (χ3v) is 3.69. The number of nitrogens with one attached hydrogen (secondary N) is 2. The summed E-state index contributed by atoms with van der Waals surface area (Å²) in [6.45, 7) is 2.72. The average molecular weight is 304 g/mol. The minimum Gasteiger partial charge on any atom is -0.355 e. The molecule has 122 valence electrons. The van der Waals surface area contributed by atoms with Crippen molar-refractivity contribution in [3.8, 4) is 0 Å². The molecular weight excluding hydrogens is 276 g/mol. The van der Waals surface area contributed by atoms with Gasteiger partial charge in [0.2, 0.25) is 5.91 Å². The molecule has 0 unspecified atom stereocenters. The second-order valence-electron chi connectivity index (χ2n) is 5.57. The third kappa shape index (κ3) is 7.25. The fourth-order valence-corrected chi connectivity index (χ4v) is 2.27. The lowest BCUT2D eigenvalue weighted by atomic mass is 10.1. The highest BCUT2D eigenvalue weighted by atomic mass is 16.2. The summed E-state index contributed by atoms with van der Waals surface area (Å²) in [5.74, 6) is 0.00419. The van der Waals surface area contributed by atoms with Gasteiger partial charge >= 0.3 is 0 Å². The maximum Gasteiger partial charge on any atom is 0.251 e. The van der Waals surface area contributed by atoms with Crippen molar-refractivity contribution in [2.75, 3.05) is 7.05 Å². The highest BCUT2D eigenvalue weighted by Crippen LogP contribution is 2.07. The molecule has 0 fully saturated rings. The highest BCUT2D eigenvalue weighted by Gasteiger charge is 2.04. The zero-order valence-electron chi connectivity index (χ0n) is 13.8. The van der Waals surface area contributed by atoms with Crippen LogP contribution in [-0.4, -0.2) is 18.9 Å². The van der Waals surface area contributed by atoms with Crippen LogP contribution in [-0.2, 0) is 11.3 Å². The van der Waals surface area contributed by atoms with Crippen molar-refractivity contribution < 1.29 is 9.59 Å². The highest BCUT2D eigenvalue weighted by molar-refractivity contribution is 5.93. The molecule has 0 heterocycles. The first-order valence-corrected chi connectivity index (χ1v) is 8.25. The molecule has 4 heteroatoms. The Bertz CT molecular complexity index is 455. The lowest BCUT2D eigenvalue weighted by molar-refractivity contribution is -0.121. The van der Waals surface area contributed by atoms with Crippen LogP contribution in [0.1, 0.15) is 67.8 Å². The molecule has 22 heavy (non-hydrogen) atoms. The molecule has 1 rings (SSSR count). The summed E-state index contributed by atoms with van der Waals surface area (Å²) < 4.78 is 0. The molecule has 0 aromatic heterocycles. The monoisotopic (exact) mass is 304 g/mol. The maximum atomic E-state index is 11.8. The van der Waals surface area contributed by atoms with E-state index < -0.39 is 0 Å². The molecule has 0 radical (unpaired) electrons. The van der Waals surface area contributed by atoms with E-state index in [4.69, 9.17) is 0 Å². The van der Waals surface area contributed by atoms with E-state index in [1.54, 1.807) is 19.2 Å². The van der Waals surface area contributed by atoms with Gasteiger partial charge in [0, 0.05) is 25.6 Å². The zero-order chi connectivity index (χ0) is 16.2. The van der Waals surface area contributed by atoms with Gasteiger partial charge in [0.15, 0.2) is 0 Å². The number of carbonyl (C=O) groups is 2. The second kappa shape index (κ2) is 10.8. The van der Waals surface area contributed by atoms with E-state index in [0.717, 1.165) is 18.4 Å². The largest absolute Gasteiger partial charge is 0.355 e. The summed E-state index contributed by atoms with van der Waals surface area (Å²) in [4.78, 5) is 23.2. The number of rotatable bonds is 10. The van der Waals surface area contributed by atoms with E-state index in [1.165, 1.54) is 25.7 Å². The number of carbonyl (C=O) groups excluding carboxylic acids is 2. The van der Waals surface area contributed by atoms with Crippen molar-refractivity contribution in [3.63, 3.8) is 0 Å². The van der Waals surface area contributed by atoms with Gasteiger partial charge in [-0.05, 0) is 24.1 Å². The maximum absolute atomic E-state index is 11.8. The third-order valence-electron chi connectivity index (χ3n) is 3.69. The molecule has 2 N–H and O–H groups in total.